The van der Waals surface area contributed by atoms with Gasteiger partial charge in [0.05, 0.1) is 16.4 Å². The first-order valence-corrected chi connectivity index (χ1v) is 22.5. The second-order valence-corrected chi connectivity index (χ2v) is 18.0. The van der Waals surface area contributed by atoms with Crippen LogP contribution in [0.5, 0.6) is 0 Å². The zero-order valence-corrected chi connectivity index (χ0v) is 35.1. The van der Waals surface area contributed by atoms with Gasteiger partial charge in [0.2, 0.25) is 0 Å². The van der Waals surface area contributed by atoms with Crippen molar-refractivity contribution < 1.29 is 0 Å². The molecule has 2 unspecified atom stereocenters. The van der Waals surface area contributed by atoms with E-state index in [2.05, 4.69) is 218 Å². The molecule has 8 aromatic carbocycles. The smallest absolute Gasteiger partial charge is 0.0726 e. The molecule has 3 atom stereocenters. The van der Waals surface area contributed by atoms with Gasteiger partial charge in [-0.05, 0) is 152 Å². The Morgan fingerprint density at radius 2 is 1.15 bits per heavy atom. The minimum atomic E-state index is -0.399. The first-order chi connectivity index (χ1) is 30.6. The summed E-state index contributed by atoms with van der Waals surface area (Å²) in [7, 11) is 0. The third-order valence-corrected chi connectivity index (χ3v) is 14.9. The molecule has 0 fully saturated rings. The molecule has 296 valence electrons. The van der Waals surface area contributed by atoms with Crippen LogP contribution in [0, 0.1) is 5.92 Å². The van der Waals surface area contributed by atoms with Gasteiger partial charge in [-0.2, -0.15) is 0 Å². The van der Waals surface area contributed by atoms with Crippen molar-refractivity contribution in [2.24, 2.45) is 5.92 Å². The van der Waals surface area contributed by atoms with Crippen LogP contribution in [0.25, 0.3) is 77.7 Å². The van der Waals surface area contributed by atoms with Crippen molar-refractivity contribution in [2.75, 3.05) is 0 Å². The topological polar surface area (TPSA) is 17.0 Å². The molecule has 62 heavy (non-hydrogen) atoms. The van der Waals surface area contributed by atoms with Crippen LogP contribution in [0.4, 0.5) is 0 Å². The lowest BCUT2D eigenvalue weighted by molar-refractivity contribution is 0.420. The van der Waals surface area contributed by atoms with Crippen molar-refractivity contribution >= 4 is 27.5 Å². The van der Waals surface area contributed by atoms with E-state index in [0.29, 0.717) is 17.9 Å². The molecule has 4 aliphatic rings. The van der Waals surface area contributed by atoms with Crippen LogP contribution in [-0.2, 0) is 5.41 Å². The number of aromatic nitrogens is 1. The van der Waals surface area contributed by atoms with Crippen molar-refractivity contribution in [3.63, 3.8) is 0 Å². The van der Waals surface area contributed by atoms with Gasteiger partial charge in [0.25, 0.3) is 0 Å². The Labute approximate surface area is 363 Å². The molecule has 2 bridgehead atoms. The van der Waals surface area contributed by atoms with Gasteiger partial charge in [0.15, 0.2) is 0 Å². The van der Waals surface area contributed by atoms with E-state index in [1.165, 1.54) is 111 Å². The first kappa shape index (κ1) is 35.6. The average Bonchev–Trinajstić information content (AvgIpc) is 3.81. The van der Waals surface area contributed by atoms with Gasteiger partial charge in [-0.3, -0.25) is 0 Å². The number of benzene rings is 8. The van der Waals surface area contributed by atoms with Gasteiger partial charge in [-0.15, -0.1) is 0 Å². The van der Waals surface area contributed by atoms with E-state index in [9.17, 15) is 0 Å². The largest absolute Gasteiger partial charge is 0.381 e. The maximum absolute atomic E-state index is 3.95. The second kappa shape index (κ2) is 13.4. The predicted octanol–water partition coefficient (Wildman–Crippen LogP) is 14.9. The average molecular weight is 795 g/mol. The van der Waals surface area contributed by atoms with E-state index in [1.807, 2.05) is 0 Å². The molecule has 2 nitrogen and oxygen atoms in total. The van der Waals surface area contributed by atoms with Crippen LogP contribution in [0.15, 0.2) is 194 Å². The molecule has 0 amide bonds. The summed E-state index contributed by atoms with van der Waals surface area (Å²) in [5.41, 5.74) is 23.0. The summed E-state index contributed by atoms with van der Waals surface area (Å²) in [6.07, 6.45) is 9.20. The Morgan fingerprint density at radius 3 is 1.85 bits per heavy atom. The van der Waals surface area contributed by atoms with E-state index in [0.717, 1.165) is 12.8 Å². The Kier molecular flexibility index (Phi) is 7.70. The van der Waals surface area contributed by atoms with Crippen molar-refractivity contribution in [3.8, 4) is 50.2 Å². The monoisotopic (exact) mass is 794 g/mol. The zero-order valence-electron chi connectivity index (χ0n) is 35.1. The van der Waals surface area contributed by atoms with Crippen molar-refractivity contribution in [3.05, 3.63) is 228 Å². The SMILES string of the molecule is CCC1C[C@@H]2NC(=CC=CC2C)c2cc(-c3cccc(-c4ccc5c(c4)c4cc6c(cc4n5-c4ccccc4)C4(c5ccccc5-c5ccccc54)c4ccccc4-6)c3)ccc21. The summed E-state index contributed by atoms with van der Waals surface area (Å²) in [4.78, 5) is 0. The molecule has 3 heterocycles. The second-order valence-electron chi connectivity index (χ2n) is 18.0. The minimum absolute atomic E-state index is 0.399. The number of hydrogen-bond acceptors (Lipinski definition) is 1. The summed E-state index contributed by atoms with van der Waals surface area (Å²) >= 11 is 0. The van der Waals surface area contributed by atoms with Gasteiger partial charge in [0, 0.05) is 33.8 Å². The molecule has 2 aliphatic heterocycles. The number of allylic oxidation sites excluding steroid dienone is 2. The van der Waals surface area contributed by atoms with E-state index < -0.39 is 5.41 Å². The molecule has 13 rings (SSSR count). The van der Waals surface area contributed by atoms with Crippen molar-refractivity contribution in [1.82, 2.24) is 9.88 Å². The van der Waals surface area contributed by atoms with Gasteiger partial charge in [-0.25, -0.2) is 0 Å². The Hall–Kier alpha value is -7.16. The molecule has 0 radical (unpaired) electrons. The lowest BCUT2D eigenvalue weighted by atomic mass is 9.70. The van der Waals surface area contributed by atoms with Crippen LogP contribution < -0.4 is 5.32 Å². The van der Waals surface area contributed by atoms with Gasteiger partial charge < -0.3 is 9.88 Å². The molecule has 1 aromatic heterocycles. The number of nitrogens with zero attached hydrogens (tertiary/aromatic N) is 1. The minimum Gasteiger partial charge on any atom is -0.381 e. The number of para-hydroxylation sites is 1. The van der Waals surface area contributed by atoms with E-state index in [4.69, 9.17) is 0 Å². The van der Waals surface area contributed by atoms with Gasteiger partial charge in [0.1, 0.15) is 0 Å². The van der Waals surface area contributed by atoms with Gasteiger partial charge >= 0.3 is 0 Å². The molecule has 0 saturated heterocycles. The highest BCUT2D eigenvalue weighted by Gasteiger charge is 2.51. The number of fused-ring (bicyclic) bond motifs is 17. The molecule has 0 saturated carbocycles. The predicted molar refractivity (Wildman–Crippen MR) is 259 cm³/mol. The Morgan fingerprint density at radius 1 is 0.532 bits per heavy atom. The van der Waals surface area contributed by atoms with E-state index >= 15 is 0 Å². The van der Waals surface area contributed by atoms with Crippen LogP contribution >= 0.6 is 0 Å². The Balaban J connectivity index is 1.00. The molecule has 1 N–H and O–H groups in total. The fourth-order valence-corrected chi connectivity index (χ4v) is 11.9. The van der Waals surface area contributed by atoms with E-state index in [-0.39, 0.29) is 0 Å². The summed E-state index contributed by atoms with van der Waals surface area (Å²) in [6, 6.07) is 67.2. The van der Waals surface area contributed by atoms with Gasteiger partial charge in [-0.1, -0.05) is 153 Å². The summed E-state index contributed by atoms with van der Waals surface area (Å²) in [5.74, 6) is 1.04. The Bertz CT molecular complexity index is 3330. The third-order valence-electron chi connectivity index (χ3n) is 14.9. The van der Waals surface area contributed by atoms with Crippen LogP contribution in [0.2, 0.25) is 0 Å². The van der Waals surface area contributed by atoms with E-state index in [1.54, 1.807) is 0 Å². The highest BCUT2D eigenvalue weighted by molar-refractivity contribution is 6.13. The lowest BCUT2D eigenvalue weighted by Gasteiger charge is -2.30. The summed E-state index contributed by atoms with van der Waals surface area (Å²) in [6.45, 7) is 4.69. The maximum Gasteiger partial charge on any atom is 0.0726 e. The molecule has 2 aliphatic carbocycles. The number of rotatable bonds is 4. The highest BCUT2D eigenvalue weighted by Crippen LogP contribution is 2.63. The normalized spacial score (nSPS) is 18.6. The molecule has 9 aromatic rings. The quantitative estimate of drug-likeness (QED) is 0.188. The zero-order chi connectivity index (χ0) is 41.1. The molecular weight excluding hydrogens is 749 g/mol. The molecule has 2 heteroatoms. The standard InChI is InChI=1S/C60H46N2/c1-3-38-34-57-37(2)15-13-26-56(61-57)49-32-41(27-29-44(38)49)39-16-14-17-40(31-39)42-28-30-58-50(33-42)51-35-48-47-22-9-12-25-54(47)60(55(48)36-59(51)62(58)43-18-5-4-6-19-43)52-23-10-7-20-45(52)46-21-8-11-24-53(46)60/h4-33,35-38,57,61H,3,34H2,1-2H3/t37?,38?,57-/m0/s1. The lowest BCUT2D eigenvalue weighted by Crippen LogP contribution is -2.31. The fraction of sp³-hybridized carbons (Fsp3) is 0.133. The maximum atomic E-state index is 3.95. The molecular formula is C60H46N2. The highest BCUT2D eigenvalue weighted by atomic mass is 15.0. The number of nitrogens with one attached hydrogen (secondary N) is 1. The van der Waals surface area contributed by atoms with Crippen LogP contribution in [0.1, 0.15) is 66.0 Å². The van der Waals surface area contributed by atoms with Crippen molar-refractivity contribution in [2.45, 2.75) is 44.1 Å². The third kappa shape index (κ3) is 4.92. The van der Waals surface area contributed by atoms with Crippen LogP contribution in [0.3, 0.4) is 0 Å². The first-order valence-electron chi connectivity index (χ1n) is 22.5. The number of hydrogen-bond donors (Lipinski definition) is 1. The molecule has 1 spiro atoms. The van der Waals surface area contributed by atoms with Crippen LogP contribution in [-0.4, -0.2) is 10.6 Å². The summed E-state index contributed by atoms with van der Waals surface area (Å²) in [5, 5.41) is 6.49. The van der Waals surface area contributed by atoms with Crippen molar-refractivity contribution in [1.29, 1.82) is 0 Å². The summed E-state index contributed by atoms with van der Waals surface area (Å²) < 4.78 is 2.49. The fourth-order valence-electron chi connectivity index (χ4n) is 11.9.